The number of benzene rings is 1. The fourth-order valence-corrected chi connectivity index (χ4v) is 3.45. The molecule has 0 saturated carbocycles. The molecular weight excluding hydrogens is 326 g/mol. The summed E-state index contributed by atoms with van der Waals surface area (Å²) in [5.74, 6) is 0.326. The van der Waals surface area contributed by atoms with Crippen molar-refractivity contribution in [1.82, 2.24) is 14.4 Å². The molecule has 1 aliphatic rings. The average Bonchev–Trinajstić information content (AvgIpc) is 3.05. The monoisotopic (exact) mass is 353 g/mol. The van der Waals surface area contributed by atoms with E-state index in [9.17, 15) is 9.59 Å². The number of carbonyl (C=O) groups excluding carboxylic acids is 2. The van der Waals surface area contributed by atoms with Crippen LogP contribution in [0, 0.1) is 6.92 Å². The first-order valence-corrected chi connectivity index (χ1v) is 9.24. The zero-order valence-electron chi connectivity index (χ0n) is 15.6. The Labute approximate surface area is 155 Å². The van der Waals surface area contributed by atoms with Crippen molar-refractivity contribution < 1.29 is 9.59 Å². The summed E-state index contributed by atoms with van der Waals surface area (Å²) in [6.07, 6.45) is 5.67. The highest BCUT2D eigenvalue weighted by atomic mass is 16.2. The highest BCUT2D eigenvalue weighted by molar-refractivity contribution is 5.80. The Morgan fingerprint density at radius 3 is 2.23 bits per heavy atom. The summed E-state index contributed by atoms with van der Waals surface area (Å²) < 4.78 is 1.95. The molecule has 1 aromatic heterocycles. The first kappa shape index (κ1) is 18.2. The molecule has 0 atom stereocenters. The van der Waals surface area contributed by atoms with Crippen LogP contribution in [-0.4, -0.2) is 52.4 Å². The van der Waals surface area contributed by atoms with Gasteiger partial charge in [-0.25, -0.2) is 0 Å². The van der Waals surface area contributed by atoms with Crippen molar-refractivity contribution in [3.63, 3.8) is 0 Å². The number of aryl methyl sites for hydroxylation is 3. The minimum absolute atomic E-state index is 0.142. The Hall–Kier alpha value is -2.56. The maximum Gasteiger partial charge on any atom is 0.227 e. The molecule has 0 radical (unpaired) electrons. The summed E-state index contributed by atoms with van der Waals surface area (Å²) in [5.41, 5.74) is 3.50. The predicted molar refractivity (Wildman–Crippen MR) is 102 cm³/mol. The second-order valence-electron chi connectivity index (χ2n) is 7.05. The van der Waals surface area contributed by atoms with Crippen LogP contribution in [0.5, 0.6) is 0 Å². The van der Waals surface area contributed by atoms with E-state index in [4.69, 9.17) is 0 Å². The molecule has 26 heavy (non-hydrogen) atoms. The molecule has 5 nitrogen and oxygen atoms in total. The molecule has 1 fully saturated rings. The average molecular weight is 353 g/mol. The van der Waals surface area contributed by atoms with Crippen molar-refractivity contribution in [3.05, 3.63) is 59.4 Å². The molecule has 1 aromatic carbocycles. The Bertz CT molecular complexity index is 773. The van der Waals surface area contributed by atoms with Crippen LogP contribution >= 0.6 is 0 Å². The molecule has 1 saturated heterocycles. The van der Waals surface area contributed by atoms with Gasteiger partial charge in [0.1, 0.15) is 0 Å². The molecule has 3 rings (SSSR count). The predicted octanol–water partition coefficient (Wildman–Crippen LogP) is 2.18. The van der Waals surface area contributed by atoms with Crippen LogP contribution in [-0.2, 0) is 29.5 Å². The third kappa shape index (κ3) is 4.54. The highest BCUT2D eigenvalue weighted by Gasteiger charge is 2.24. The largest absolute Gasteiger partial charge is 0.357 e. The lowest BCUT2D eigenvalue weighted by Crippen LogP contribution is -2.51. The van der Waals surface area contributed by atoms with Gasteiger partial charge in [-0.2, -0.15) is 0 Å². The van der Waals surface area contributed by atoms with Crippen molar-refractivity contribution in [2.75, 3.05) is 26.2 Å². The summed E-state index contributed by atoms with van der Waals surface area (Å²) in [5, 5.41) is 0. The summed E-state index contributed by atoms with van der Waals surface area (Å²) in [4.78, 5) is 28.7. The van der Waals surface area contributed by atoms with Crippen LogP contribution in [0.15, 0.2) is 42.7 Å². The second-order valence-corrected chi connectivity index (χ2v) is 7.05. The van der Waals surface area contributed by atoms with Crippen LogP contribution in [0.2, 0.25) is 0 Å². The number of hydrogen-bond donors (Lipinski definition) is 0. The van der Waals surface area contributed by atoms with Gasteiger partial charge in [0.15, 0.2) is 0 Å². The second kappa shape index (κ2) is 8.21. The molecule has 2 aromatic rings. The topological polar surface area (TPSA) is 45.6 Å². The highest BCUT2D eigenvalue weighted by Crippen LogP contribution is 2.12. The van der Waals surface area contributed by atoms with Gasteiger partial charge in [0.05, 0.1) is 6.42 Å². The zero-order valence-corrected chi connectivity index (χ0v) is 15.6. The standard InChI is InChI=1S/C21H27N3O2/c1-17-5-3-4-6-19(17)7-8-20(25)23-11-13-24(14-12-23)21(26)15-18-9-10-22(2)16-18/h3-6,9-10,16H,7-8,11-15H2,1-2H3. The molecule has 138 valence electrons. The maximum absolute atomic E-state index is 12.5. The first-order chi connectivity index (χ1) is 12.5. The molecule has 1 aliphatic heterocycles. The number of nitrogens with zero attached hydrogens (tertiary/aromatic N) is 3. The number of carbonyl (C=O) groups is 2. The van der Waals surface area contributed by atoms with Gasteiger partial charge in [-0.15, -0.1) is 0 Å². The normalized spacial score (nSPS) is 14.5. The molecule has 0 N–H and O–H groups in total. The molecule has 5 heteroatoms. The lowest BCUT2D eigenvalue weighted by molar-refractivity contribution is -0.139. The SMILES string of the molecule is Cc1ccccc1CCC(=O)N1CCN(C(=O)Cc2ccn(C)c2)CC1. The molecule has 0 aliphatic carbocycles. The van der Waals surface area contributed by atoms with Crippen LogP contribution < -0.4 is 0 Å². The van der Waals surface area contributed by atoms with Gasteiger partial charge in [0.2, 0.25) is 11.8 Å². The van der Waals surface area contributed by atoms with E-state index < -0.39 is 0 Å². The van der Waals surface area contributed by atoms with E-state index in [-0.39, 0.29) is 11.8 Å². The summed E-state index contributed by atoms with van der Waals surface area (Å²) in [6.45, 7) is 4.60. The van der Waals surface area contributed by atoms with E-state index in [1.165, 1.54) is 11.1 Å². The Balaban J connectivity index is 1.44. The molecule has 0 unspecified atom stereocenters. The van der Waals surface area contributed by atoms with Crippen molar-refractivity contribution >= 4 is 11.8 Å². The number of aromatic nitrogens is 1. The quantitative estimate of drug-likeness (QED) is 0.827. The van der Waals surface area contributed by atoms with E-state index >= 15 is 0 Å². The van der Waals surface area contributed by atoms with Crippen LogP contribution in [0.25, 0.3) is 0 Å². The number of amides is 2. The summed E-state index contributed by atoms with van der Waals surface area (Å²) in [7, 11) is 1.95. The lowest BCUT2D eigenvalue weighted by Gasteiger charge is -2.35. The summed E-state index contributed by atoms with van der Waals surface area (Å²) in [6, 6.07) is 10.2. The van der Waals surface area contributed by atoms with Gasteiger partial charge >= 0.3 is 0 Å². The molecule has 0 spiro atoms. The minimum Gasteiger partial charge on any atom is -0.357 e. The number of piperazine rings is 1. The van der Waals surface area contributed by atoms with E-state index in [0.717, 1.165) is 12.0 Å². The third-order valence-electron chi connectivity index (χ3n) is 5.10. The fourth-order valence-electron chi connectivity index (χ4n) is 3.45. The van der Waals surface area contributed by atoms with Gasteiger partial charge in [-0.05, 0) is 36.1 Å². The lowest BCUT2D eigenvalue weighted by atomic mass is 10.0. The van der Waals surface area contributed by atoms with Crippen LogP contribution in [0.3, 0.4) is 0 Å². The van der Waals surface area contributed by atoms with Gasteiger partial charge < -0.3 is 14.4 Å². The zero-order chi connectivity index (χ0) is 18.5. The maximum atomic E-state index is 12.5. The Morgan fingerprint density at radius 2 is 1.62 bits per heavy atom. The van der Waals surface area contributed by atoms with Crippen molar-refractivity contribution in [2.45, 2.75) is 26.2 Å². The van der Waals surface area contributed by atoms with Crippen LogP contribution in [0.1, 0.15) is 23.1 Å². The number of hydrogen-bond acceptors (Lipinski definition) is 2. The van der Waals surface area contributed by atoms with E-state index in [1.54, 1.807) is 0 Å². The Morgan fingerprint density at radius 1 is 0.962 bits per heavy atom. The molecule has 2 amide bonds. The van der Waals surface area contributed by atoms with Crippen LogP contribution in [0.4, 0.5) is 0 Å². The molecule has 2 heterocycles. The fraction of sp³-hybridized carbons (Fsp3) is 0.429. The summed E-state index contributed by atoms with van der Waals surface area (Å²) >= 11 is 0. The Kier molecular flexibility index (Phi) is 5.76. The molecule has 0 bridgehead atoms. The minimum atomic E-state index is 0.142. The van der Waals surface area contributed by atoms with E-state index in [2.05, 4.69) is 19.1 Å². The smallest absolute Gasteiger partial charge is 0.227 e. The van der Waals surface area contributed by atoms with E-state index in [0.29, 0.717) is 39.0 Å². The van der Waals surface area contributed by atoms with Crippen molar-refractivity contribution in [1.29, 1.82) is 0 Å². The first-order valence-electron chi connectivity index (χ1n) is 9.24. The van der Waals surface area contributed by atoms with Gasteiger partial charge in [0.25, 0.3) is 0 Å². The van der Waals surface area contributed by atoms with Crippen molar-refractivity contribution in [3.8, 4) is 0 Å². The van der Waals surface area contributed by atoms with Crippen molar-refractivity contribution in [2.24, 2.45) is 7.05 Å². The van der Waals surface area contributed by atoms with E-state index in [1.807, 2.05) is 52.0 Å². The van der Waals surface area contributed by atoms with Gasteiger partial charge in [-0.3, -0.25) is 9.59 Å². The third-order valence-corrected chi connectivity index (χ3v) is 5.10. The van der Waals surface area contributed by atoms with Gasteiger partial charge in [0, 0.05) is 52.0 Å². The van der Waals surface area contributed by atoms with Gasteiger partial charge in [-0.1, -0.05) is 24.3 Å². The molecular formula is C21H27N3O2. The number of rotatable bonds is 5.